The predicted octanol–water partition coefficient (Wildman–Crippen LogP) is 1.13. The van der Waals surface area contributed by atoms with Crippen LogP contribution in [0.25, 0.3) is 11.0 Å². The SMILES string of the molecule is C[C@H](CN)NC(=O)c1cccc2nccnc12.Cl. The van der Waals surface area contributed by atoms with Crippen molar-refractivity contribution in [3.8, 4) is 0 Å². The molecular formula is C12H15ClN4O. The Kier molecular flexibility index (Phi) is 5.00. The minimum Gasteiger partial charge on any atom is -0.348 e. The van der Waals surface area contributed by atoms with E-state index in [2.05, 4.69) is 15.3 Å². The van der Waals surface area contributed by atoms with Gasteiger partial charge in [-0.2, -0.15) is 0 Å². The van der Waals surface area contributed by atoms with Gasteiger partial charge in [-0.1, -0.05) is 6.07 Å². The number of nitrogens with one attached hydrogen (secondary N) is 1. The maximum Gasteiger partial charge on any atom is 0.253 e. The fraction of sp³-hybridized carbons (Fsp3) is 0.250. The number of benzene rings is 1. The summed E-state index contributed by atoms with van der Waals surface area (Å²) in [5.41, 5.74) is 7.31. The molecule has 6 heteroatoms. The van der Waals surface area contributed by atoms with E-state index < -0.39 is 0 Å². The Hall–Kier alpha value is -1.72. The van der Waals surface area contributed by atoms with E-state index in [9.17, 15) is 4.79 Å². The molecule has 1 aromatic carbocycles. The topological polar surface area (TPSA) is 80.9 Å². The molecule has 18 heavy (non-hydrogen) atoms. The molecule has 0 fully saturated rings. The van der Waals surface area contributed by atoms with E-state index in [4.69, 9.17) is 5.73 Å². The highest BCUT2D eigenvalue weighted by atomic mass is 35.5. The molecule has 0 unspecified atom stereocenters. The predicted molar refractivity (Wildman–Crippen MR) is 72.8 cm³/mol. The van der Waals surface area contributed by atoms with Gasteiger partial charge in [0.15, 0.2) is 0 Å². The van der Waals surface area contributed by atoms with E-state index in [1.165, 1.54) is 0 Å². The lowest BCUT2D eigenvalue weighted by Crippen LogP contribution is -2.37. The van der Waals surface area contributed by atoms with Crippen LogP contribution in [0.5, 0.6) is 0 Å². The molecule has 2 rings (SSSR count). The number of halogens is 1. The summed E-state index contributed by atoms with van der Waals surface area (Å²) in [5.74, 6) is -0.172. The van der Waals surface area contributed by atoms with E-state index in [0.717, 1.165) is 0 Å². The molecule has 96 valence electrons. The lowest BCUT2D eigenvalue weighted by Gasteiger charge is -2.11. The highest BCUT2D eigenvalue weighted by Crippen LogP contribution is 2.13. The number of fused-ring (bicyclic) bond motifs is 1. The van der Waals surface area contributed by atoms with Gasteiger partial charge in [-0.3, -0.25) is 14.8 Å². The Balaban J connectivity index is 0.00000162. The molecule has 0 spiro atoms. The van der Waals surface area contributed by atoms with Gasteiger partial charge in [0.2, 0.25) is 0 Å². The van der Waals surface area contributed by atoms with Crippen molar-refractivity contribution in [2.24, 2.45) is 5.73 Å². The van der Waals surface area contributed by atoms with Crippen LogP contribution >= 0.6 is 12.4 Å². The maximum absolute atomic E-state index is 12.0. The molecule has 3 N–H and O–H groups in total. The molecular weight excluding hydrogens is 252 g/mol. The normalized spacial score (nSPS) is 11.7. The van der Waals surface area contributed by atoms with Crippen molar-refractivity contribution in [2.45, 2.75) is 13.0 Å². The molecule has 1 heterocycles. The number of para-hydroxylation sites is 1. The molecule has 0 saturated carbocycles. The number of nitrogens with zero attached hydrogens (tertiary/aromatic N) is 2. The maximum atomic E-state index is 12.0. The number of carbonyl (C=O) groups excluding carboxylic acids is 1. The lowest BCUT2D eigenvalue weighted by atomic mass is 10.1. The highest BCUT2D eigenvalue weighted by molar-refractivity contribution is 6.04. The average Bonchev–Trinajstić information content (AvgIpc) is 2.37. The molecule has 5 nitrogen and oxygen atoms in total. The molecule has 0 bridgehead atoms. The van der Waals surface area contributed by atoms with Gasteiger partial charge >= 0.3 is 0 Å². The van der Waals surface area contributed by atoms with Crippen LogP contribution < -0.4 is 11.1 Å². The molecule has 0 saturated heterocycles. The molecule has 1 aromatic heterocycles. The second-order valence-corrected chi connectivity index (χ2v) is 3.84. The summed E-state index contributed by atoms with van der Waals surface area (Å²) < 4.78 is 0. The van der Waals surface area contributed by atoms with Crippen molar-refractivity contribution in [3.05, 3.63) is 36.2 Å². The molecule has 0 aliphatic carbocycles. The summed E-state index contributed by atoms with van der Waals surface area (Å²) in [6.45, 7) is 2.26. The molecule has 1 amide bonds. The second-order valence-electron chi connectivity index (χ2n) is 3.84. The van der Waals surface area contributed by atoms with Crippen molar-refractivity contribution in [1.29, 1.82) is 0 Å². The van der Waals surface area contributed by atoms with Crippen LogP contribution in [0.4, 0.5) is 0 Å². The number of hydrogen-bond acceptors (Lipinski definition) is 4. The number of amides is 1. The quantitative estimate of drug-likeness (QED) is 0.873. The third kappa shape index (κ3) is 2.94. The summed E-state index contributed by atoms with van der Waals surface area (Å²) in [4.78, 5) is 20.3. The first-order valence-corrected chi connectivity index (χ1v) is 5.43. The van der Waals surface area contributed by atoms with E-state index >= 15 is 0 Å². The van der Waals surface area contributed by atoms with Gasteiger partial charge in [-0.15, -0.1) is 12.4 Å². The largest absolute Gasteiger partial charge is 0.348 e. The van der Waals surface area contributed by atoms with Crippen LogP contribution in [0.15, 0.2) is 30.6 Å². The molecule has 2 aromatic rings. The van der Waals surface area contributed by atoms with Gasteiger partial charge < -0.3 is 11.1 Å². The number of aromatic nitrogens is 2. The smallest absolute Gasteiger partial charge is 0.253 e. The van der Waals surface area contributed by atoms with Gasteiger partial charge in [-0.05, 0) is 19.1 Å². The number of nitrogens with two attached hydrogens (primary N) is 1. The molecule has 0 aliphatic heterocycles. The first-order valence-electron chi connectivity index (χ1n) is 5.43. The molecule has 0 radical (unpaired) electrons. The van der Waals surface area contributed by atoms with E-state index in [0.29, 0.717) is 23.1 Å². The average molecular weight is 267 g/mol. The number of rotatable bonds is 3. The zero-order valence-corrected chi connectivity index (χ0v) is 10.8. The third-order valence-electron chi connectivity index (χ3n) is 2.47. The van der Waals surface area contributed by atoms with Crippen LogP contribution in [0, 0.1) is 0 Å². The standard InChI is InChI=1S/C12H14N4O.ClH/c1-8(7-13)16-12(17)9-3-2-4-10-11(9)15-6-5-14-10;/h2-6,8H,7,13H2,1H3,(H,16,17);1H/t8-;/m1./s1. The van der Waals surface area contributed by atoms with E-state index in [1.807, 2.05) is 13.0 Å². The first kappa shape index (κ1) is 14.3. The minimum atomic E-state index is -0.172. The second kappa shape index (κ2) is 6.28. The molecule has 0 aliphatic rings. The third-order valence-corrected chi connectivity index (χ3v) is 2.47. The molecule has 1 atom stereocenters. The summed E-state index contributed by atoms with van der Waals surface area (Å²) >= 11 is 0. The van der Waals surface area contributed by atoms with Gasteiger partial charge in [-0.25, -0.2) is 0 Å². The van der Waals surface area contributed by atoms with Crippen LogP contribution in [0.1, 0.15) is 17.3 Å². The first-order chi connectivity index (χ1) is 8.22. The zero-order chi connectivity index (χ0) is 12.3. The van der Waals surface area contributed by atoms with Gasteiger partial charge in [0.05, 0.1) is 11.1 Å². The van der Waals surface area contributed by atoms with Crippen molar-refractivity contribution in [1.82, 2.24) is 15.3 Å². The minimum absolute atomic E-state index is 0. The fourth-order valence-electron chi connectivity index (χ4n) is 1.54. The van der Waals surface area contributed by atoms with Crippen LogP contribution in [-0.2, 0) is 0 Å². The lowest BCUT2D eigenvalue weighted by molar-refractivity contribution is 0.0943. The van der Waals surface area contributed by atoms with Gasteiger partial charge in [0, 0.05) is 25.0 Å². The summed E-state index contributed by atoms with van der Waals surface area (Å²) in [6.07, 6.45) is 3.18. The Morgan fingerprint density at radius 3 is 2.83 bits per heavy atom. The van der Waals surface area contributed by atoms with E-state index in [1.54, 1.807) is 24.5 Å². The van der Waals surface area contributed by atoms with Crippen molar-refractivity contribution in [3.63, 3.8) is 0 Å². The van der Waals surface area contributed by atoms with Crippen LogP contribution in [0.3, 0.4) is 0 Å². The Morgan fingerprint density at radius 1 is 1.39 bits per heavy atom. The zero-order valence-electron chi connectivity index (χ0n) is 9.96. The van der Waals surface area contributed by atoms with Crippen molar-refractivity contribution in [2.75, 3.05) is 6.54 Å². The Labute approximate surface area is 111 Å². The fourth-order valence-corrected chi connectivity index (χ4v) is 1.54. The van der Waals surface area contributed by atoms with Crippen molar-refractivity contribution < 1.29 is 4.79 Å². The Bertz CT molecular complexity index is 541. The van der Waals surface area contributed by atoms with Crippen molar-refractivity contribution >= 4 is 29.3 Å². The monoisotopic (exact) mass is 266 g/mol. The van der Waals surface area contributed by atoms with Crippen LogP contribution in [0.2, 0.25) is 0 Å². The Morgan fingerprint density at radius 2 is 2.11 bits per heavy atom. The van der Waals surface area contributed by atoms with Gasteiger partial charge in [0.1, 0.15) is 5.52 Å². The van der Waals surface area contributed by atoms with E-state index in [-0.39, 0.29) is 24.4 Å². The van der Waals surface area contributed by atoms with Gasteiger partial charge in [0.25, 0.3) is 5.91 Å². The van der Waals surface area contributed by atoms with Crippen LogP contribution in [-0.4, -0.2) is 28.5 Å². The summed E-state index contributed by atoms with van der Waals surface area (Å²) in [5, 5.41) is 2.81. The summed E-state index contributed by atoms with van der Waals surface area (Å²) in [7, 11) is 0. The summed E-state index contributed by atoms with van der Waals surface area (Å²) in [6, 6.07) is 5.29. The number of carbonyl (C=O) groups is 1. The highest BCUT2D eigenvalue weighted by Gasteiger charge is 2.12. The number of hydrogen-bond donors (Lipinski definition) is 2.